The van der Waals surface area contributed by atoms with Crippen LogP contribution in [0.5, 0.6) is 0 Å². The summed E-state index contributed by atoms with van der Waals surface area (Å²) < 4.78 is 2.59. The lowest BCUT2D eigenvalue weighted by Crippen LogP contribution is -2.09. The van der Waals surface area contributed by atoms with Crippen LogP contribution in [0.25, 0.3) is 86.6 Å². The third-order valence-electron chi connectivity index (χ3n) is 11.6. The lowest BCUT2D eigenvalue weighted by Gasteiger charge is -2.26. The molecule has 0 aliphatic carbocycles. The Bertz CT molecular complexity index is 3230. The molecule has 0 N–H and O–H groups in total. The van der Waals surface area contributed by atoms with Crippen molar-refractivity contribution >= 4 is 59.3 Å². The first kappa shape index (κ1) is 35.6. The fraction of sp³-hybridized carbons (Fsp3) is 0. The molecule has 0 spiro atoms. The minimum absolute atomic E-state index is 1.10. The van der Waals surface area contributed by atoms with Crippen molar-refractivity contribution in [3.05, 3.63) is 237 Å². The van der Waals surface area contributed by atoms with Crippen LogP contribution in [0.1, 0.15) is 0 Å². The minimum atomic E-state index is 1.10. The molecule has 1 nitrogen and oxygen atoms in total. The Balaban J connectivity index is 0.989. The normalized spacial score (nSPS) is 11.3. The van der Waals surface area contributed by atoms with Crippen molar-refractivity contribution in [1.29, 1.82) is 0 Å². The molecule has 10 aromatic carbocycles. The topological polar surface area (TPSA) is 3.24 Å². The predicted octanol–water partition coefficient (Wildman–Crippen LogP) is 17.0. The zero-order valence-electron chi connectivity index (χ0n) is 32.9. The Hall–Kier alpha value is -7.52. The van der Waals surface area contributed by atoms with Crippen molar-refractivity contribution in [3.8, 4) is 55.6 Å². The van der Waals surface area contributed by atoms with E-state index in [1.165, 1.54) is 86.6 Å². The molecule has 1 aromatic heterocycles. The fourth-order valence-electron chi connectivity index (χ4n) is 8.64. The van der Waals surface area contributed by atoms with Crippen LogP contribution in [-0.2, 0) is 0 Å². The molecule has 0 atom stereocenters. The molecule has 11 aromatic rings. The van der Waals surface area contributed by atoms with Crippen LogP contribution in [-0.4, -0.2) is 0 Å². The van der Waals surface area contributed by atoms with Gasteiger partial charge in [-0.2, -0.15) is 0 Å². The first-order valence-electron chi connectivity index (χ1n) is 20.5. The number of fused-ring (bicyclic) bond motifs is 4. The number of benzene rings is 10. The van der Waals surface area contributed by atoms with Crippen LogP contribution in [0.2, 0.25) is 0 Å². The van der Waals surface area contributed by atoms with E-state index in [2.05, 4.69) is 241 Å². The van der Waals surface area contributed by atoms with Gasteiger partial charge in [0.1, 0.15) is 0 Å². The van der Waals surface area contributed by atoms with E-state index in [1.807, 2.05) is 11.3 Å². The quantitative estimate of drug-likeness (QED) is 0.148. The largest absolute Gasteiger partial charge is 0.310 e. The van der Waals surface area contributed by atoms with E-state index in [-0.39, 0.29) is 0 Å². The molecule has 0 aliphatic rings. The molecule has 0 saturated heterocycles. The highest BCUT2D eigenvalue weighted by molar-refractivity contribution is 7.25. The van der Waals surface area contributed by atoms with Gasteiger partial charge in [0.2, 0.25) is 0 Å². The van der Waals surface area contributed by atoms with Crippen molar-refractivity contribution in [2.45, 2.75) is 0 Å². The average Bonchev–Trinajstić information content (AvgIpc) is 3.70. The minimum Gasteiger partial charge on any atom is -0.310 e. The van der Waals surface area contributed by atoms with Gasteiger partial charge in [0.25, 0.3) is 0 Å². The second-order valence-electron chi connectivity index (χ2n) is 15.3. The number of rotatable bonds is 8. The Labute approximate surface area is 354 Å². The molecular formula is C58H39NS. The third kappa shape index (κ3) is 6.73. The first-order chi connectivity index (χ1) is 29.7. The fourth-order valence-corrected chi connectivity index (χ4v) is 9.78. The van der Waals surface area contributed by atoms with Crippen LogP contribution in [0.15, 0.2) is 237 Å². The molecule has 0 unspecified atom stereocenters. The van der Waals surface area contributed by atoms with Crippen molar-refractivity contribution in [1.82, 2.24) is 0 Å². The smallest absolute Gasteiger partial charge is 0.0476 e. The molecule has 11 rings (SSSR count). The summed E-state index contributed by atoms with van der Waals surface area (Å²) in [4.78, 5) is 2.39. The van der Waals surface area contributed by atoms with E-state index in [9.17, 15) is 0 Å². The van der Waals surface area contributed by atoms with E-state index < -0.39 is 0 Å². The number of anilines is 3. The maximum atomic E-state index is 2.39. The van der Waals surface area contributed by atoms with Crippen molar-refractivity contribution in [3.63, 3.8) is 0 Å². The van der Waals surface area contributed by atoms with Gasteiger partial charge in [-0.1, -0.05) is 170 Å². The monoisotopic (exact) mass is 781 g/mol. The van der Waals surface area contributed by atoms with Gasteiger partial charge in [-0.05, 0) is 133 Å². The molecule has 0 aliphatic heterocycles. The van der Waals surface area contributed by atoms with Crippen LogP contribution >= 0.6 is 11.3 Å². The van der Waals surface area contributed by atoms with E-state index in [0.717, 1.165) is 17.1 Å². The van der Waals surface area contributed by atoms with E-state index in [4.69, 9.17) is 0 Å². The van der Waals surface area contributed by atoms with Crippen LogP contribution < -0.4 is 4.90 Å². The SMILES string of the molecule is c1ccc(-c2cc(-c3ccccc3)cc(-c3ccc(N(c4ccc(-c5cccc(-c6cccc7ccccc67)c5)cc4)c4ccc5c(c4)sc4ccccc45)cc3)c2)cc1. The van der Waals surface area contributed by atoms with E-state index >= 15 is 0 Å². The second kappa shape index (κ2) is 15.3. The summed E-state index contributed by atoms with van der Waals surface area (Å²) in [6, 6.07) is 86.2. The second-order valence-corrected chi connectivity index (χ2v) is 16.4. The number of nitrogens with zero attached hydrogens (tertiary/aromatic N) is 1. The van der Waals surface area contributed by atoms with Gasteiger partial charge < -0.3 is 4.90 Å². The maximum absolute atomic E-state index is 2.39. The molecule has 0 saturated carbocycles. The molecule has 0 fully saturated rings. The maximum Gasteiger partial charge on any atom is 0.0476 e. The molecule has 1 heterocycles. The van der Waals surface area contributed by atoms with Crippen LogP contribution in [0.3, 0.4) is 0 Å². The standard InChI is InChI=1S/C58H39NS/c1-3-13-40(14-4-1)47-36-48(41-15-5-2-6-16-41)38-49(37-47)43-27-31-51(32-28-43)59(52-33-34-56-55-22-9-10-24-57(55)60-58(56)39-52)50-29-25-42(26-30-50)45-19-11-20-46(35-45)54-23-12-18-44-17-7-8-21-53(44)54/h1-39H. The van der Waals surface area contributed by atoms with Gasteiger partial charge >= 0.3 is 0 Å². The summed E-state index contributed by atoms with van der Waals surface area (Å²) in [5.74, 6) is 0. The van der Waals surface area contributed by atoms with Crippen molar-refractivity contribution < 1.29 is 0 Å². The molecule has 282 valence electrons. The van der Waals surface area contributed by atoms with E-state index in [0.29, 0.717) is 0 Å². The summed E-state index contributed by atoms with van der Waals surface area (Å²) in [5.41, 5.74) is 15.4. The Morgan fingerprint density at radius 1 is 0.250 bits per heavy atom. The number of hydrogen-bond donors (Lipinski definition) is 0. The Morgan fingerprint density at radius 2 is 0.700 bits per heavy atom. The highest BCUT2D eigenvalue weighted by atomic mass is 32.1. The van der Waals surface area contributed by atoms with Crippen LogP contribution in [0.4, 0.5) is 17.1 Å². The molecule has 0 amide bonds. The van der Waals surface area contributed by atoms with Crippen molar-refractivity contribution in [2.24, 2.45) is 0 Å². The van der Waals surface area contributed by atoms with Gasteiger partial charge in [0.05, 0.1) is 0 Å². The zero-order valence-corrected chi connectivity index (χ0v) is 33.7. The predicted molar refractivity (Wildman–Crippen MR) is 259 cm³/mol. The Kier molecular flexibility index (Phi) is 9.11. The highest BCUT2D eigenvalue weighted by Crippen LogP contribution is 2.42. The molecular weight excluding hydrogens is 743 g/mol. The summed E-state index contributed by atoms with van der Waals surface area (Å²) in [6.07, 6.45) is 0. The average molecular weight is 782 g/mol. The first-order valence-corrected chi connectivity index (χ1v) is 21.3. The van der Waals surface area contributed by atoms with Gasteiger partial charge in [-0.15, -0.1) is 11.3 Å². The highest BCUT2D eigenvalue weighted by Gasteiger charge is 2.17. The molecule has 2 heteroatoms. The van der Waals surface area contributed by atoms with Gasteiger partial charge in [0, 0.05) is 37.2 Å². The molecule has 60 heavy (non-hydrogen) atoms. The number of hydrogen-bond acceptors (Lipinski definition) is 2. The molecule has 0 bridgehead atoms. The summed E-state index contributed by atoms with van der Waals surface area (Å²) in [6.45, 7) is 0. The summed E-state index contributed by atoms with van der Waals surface area (Å²) in [7, 11) is 0. The van der Waals surface area contributed by atoms with Gasteiger partial charge in [-0.3, -0.25) is 0 Å². The van der Waals surface area contributed by atoms with Crippen molar-refractivity contribution in [2.75, 3.05) is 4.90 Å². The zero-order chi connectivity index (χ0) is 39.8. The lowest BCUT2D eigenvalue weighted by molar-refractivity contribution is 1.29. The molecule has 0 radical (unpaired) electrons. The lowest BCUT2D eigenvalue weighted by atomic mass is 9.93. The van der Waals surface area contributed by atoms with Crippen LogP contribution in [0, 0.1) is 0 Å². The van der Waals surface area contributed by atoms with Gasteiger partial charge in [-0.25, -0.2) is 0 Å². The van der Waals surface area contributed by atoms with E-state index in [1.54, 1.807) is 0 Å². The summed E-state index contributed by atoms with van der Waals surface area (Å²) in [5, 5.41) is 5.13. The van der Waals surface area contributed by atoms with Gasteiger partial charge in [0.15, 0.2) is 0 Å². The number of thiophene rings is 1. The summed E-state index contributed by atoms with van der Waals surface area (Å²) >= 11 is 1.86. The Morgan fingerprint density at radius 3 is 1.37 bits per heavy atom. The third-order valence-corrected chi connectivity index (χ3v) is 12.8.